The quantitative estimate of drug-likeness (QED) is 0.718. The number of hydrogen-bond donors (Lipinski definition) is 0. The highest BCUT2D eigenvalue weighted by atomic mass is 16.2. The van der Waals surface area contributed by atoms with E-state index in [4.69, 9.17) is 0 Å². The van der Waals surface area contributed by atoms with Crippen LogP contribution in [-0.2, 0) is 9.59 Å². The standard InChI is InChI=1S/C18H26O2/c19-17-14(11-5-1-2-6-11)9-13-10-15(18(20)16(13)17)12-7-3-4-8-12/h11-16H,1-10H2/t13?,14-,15-,16?/m1/s1. The zero-order valence-electron chi connectivity index (χ0n) is 12.4. The monoisotopic (exact) mass is 274 g/mol. The lowest BCUT2D eigenvalue weighted by molar-refractivity contribution is -0.134. The SMILES string of the molecule is O=C1C2C(=O)[C@@H](C3CCCC3)CC2C[C@@H]1C1CCCC1. The Kier molecular flexibility index (Phi) is 3.23. The van der Waals surface area contributed by atoms with Gasteiger partial charge in [-0.2, -0.15) is 0 Å². The van der Waals surface area contributed by atoms with Crippen LogP contribution in [0.3, 0.4) is 0 Å². The van der Waals surface area contributed by atoms with Gasteiger partial charge in [0.1, 0.15) is 11.6 Å². The first-order chi connectivity index (χ1) is 9.75. The molecule has 2 atom stereocenters. The van der Waals surface area contributed by atoms with E-state index >= 15 is 0 Å². The van der Waals surface area contributed by atoms with Crippen LogP contribution in [0.15, 0.2) is 0 Å². The maximum Gasteiger partial charge on any atom is 0.146 e. The summed E-state index contributed by atoms with van der Waals surface area (Å²) in [5.41, 5.74) is 0. The summed E-state index contributed by atoms with van der Waals surface area (Å²) in [6, 6.07) is 0. The fourth-order valence-electron chi connectivity index (χ4n) is 5.89. The molecule has 4 aliphatic rings. The first-order valence-corrected chi connectivity index (χ1v) is 8.83. The van der Waals surface area contributed by atoms with Crippen LogP contribution in [-0.4, -0.2) is 11.6 Å². The van der Waals surface area contributed by atoms with E-state index < -0.39 is 0 Å². The zero-order valence-corrected chi connectivity index (χ0v) is 12.4. The van der Waals surface area contributed by atoms with E-state index in [1.165, 1.54) is 51.4 Å². The van der Waals surface area contributed by atoms with E-state index in [0.717, 1.165) is 12.8 Å². The maximum absolute atomic E-state index is 12.7. The summed E-state index contributed by atoms with van der Waals surface area (Å²) in [4.78, 5) is 25.4. The molecule has 0 heterocycles. The normalized spacial score (nSPS) is 42.8. The number of fused-ring (bicyclic) bond motifs is 1. The fourth-order valence-corrected chi connectivity index (χ4v) is 5.89. The van der Waals surface area contributed by atoms with Crippen LogP contribution in [0.2, 0.25) is 0 Å². The average Bonchev–Trinajstić information content (AvgIpc) is 3.17. The van der Waals surface area contributed by atoms with Gasteiger partial charge in [0.25, 0.3) is 0 Å². The van der Waals surface area contributed by atoms with E-state index in [1.807, 2.05) is 0 Å². The third-order valence-electron chi connectivity index (χ3n) is 6.87. The van der Waals surface area contributed by atoms with Crippen molar-refractivity contribution in [3.8, 4) is 0 Å². The van der Waals surface area contributed by atoms with Gasteiger partial charge < -0.3 is 0 Å². The molecule has 4 aliphatic carbocycles. The Labute approximate surface area is 121 Å². The molecule has 4 fully saturated rings. The Morgan fingerprint density at radius 2 is 1.00 bits per heavy atom. The Morgan fingerprint density at radius 1 is 0.600 bits per heavy atom. The maximum atomic E-state index is 12.7. The molecule has 110 valence electrons. The molecule has 4 rings (SSSR count). The van der Waals surface area contributed by atoms with Gasteiger partial charge >= 0.3 is 0 Å². The number of hydrogen-bond acceptors (Lipinski definition) is 2. The van der Waals surface area contributed by atoms with Crippen molar-refractivity contribution in [3.63, 3.8) is 0 Å². The molecular weight excluding hydrogens is 248 g/mol. The second-order valence-corrected chi connectivity index (χ2v) is 7.82. The second-order valence-electron chi connectivity index (χ2n) is 7.82. The van der Waals surface area contributed by atoms with Crippen LogP contribution in [0.25, 0.3) is 0 Å². The van der Waals surface area contributed by atoms with Gasteiger partial charge in [-0.25, -0.2) is 0 Å². The highest BCUT2D eigenvalue weighted by Crippen LogP contribution is 2.52. The van der Waals surface area contributed by atoms with Crippen molar-refractivity contribution in [2.24, 2.45) is 35.5 Å². The van der Waals surface area contributed by atoms with Gasteiger partial charge in [-0.05, 0) is 56.3 Å². The molecule has 0 spiro atoms. The minimum Gasteiger partial charge on any atom is -0.299 e. The molecule has 0 aromatic heterocycles. The van der Waals surface area contributed by atoms with Crippen LogP contribution >= 0.6 is 0 Å². The lowest BCUT2D eigenvalue weighted by Gasteiger charge is -2.21. The molecule has 0 N–H and O–H groups in total. The van der Waals surface area contributed by atoms with Gasteiger partial charge in [0.2, 0.25) is 0 Å². The topological polar surface area (TPSA) is 34.1 Å². The minimum absolute atomic E-state index is 0.175. The molecule has 0 bridgehead atoms. The first kappa shape index (κ1) is 13.0. The molecule has 0 amide bonds. The lowest BCUT2D eigenvalue weighted by Crippen LogP contribution is -2.28. The zero-order chi connectivity index (χ0) is 13.7. The summed E-state index contributed by atoms with van der Waals surface area (Å²) in [6.07, 6.45) is 12.2. The smallest absolute Gasteiger partial charge is 0.146 e. The molecule has 0 aromatic carbocycles. The van der Waals surface area contributed by atoms with E-state index in [2.05, 4.69) is 0 Å². The third kappa shape index (κ3) is 1.90. The van der Waals surface area contributed by atoms with E-state index in [0.29, 0.717) is 29.3 Å². The van der Waals surface area contributed by atoms with Gasteiger partial charge in [0.15, 0.2) is 0 Å². The number of rotatable bonds is 2. The van der Waals surface area contributed by atoms with Gasteiger partial charge in [-0.1, -0.05) is 25.7 Å². The van der Waals surface area contributed by atoms with E-state index in [-0.39, 0.29) is 17.8 Å². The van der Waals surface area contributed by atoms with Crippen LogP contribution in [0.5, 0.6) is 0 Å². The number of carbonyl (C=O) groups excluding carboxylic acids is 2. The van der Waals surface area contributed by atoms with Crippen molar-refractivity contribution in [2.45, 2.75) is 64.2 Å². The predicted octanol–water partition coefficient (Wildman–Crippen LogP) is 3.78. The van der Waals surface area contributed by atoms with Crippen molar-refractivity contribution >= 4 is 11.6 Å². The van der Waals surface area contributed by atoms with Crippen LogP contribution in [0.4, 0.5) is 0 Å². The van der Waals surface area contributed by atoms with Crippen LogP contribution in [0.1, 0.15) is 64.2 Å². The molecule has 2 heteroatoms. The third-order valence-corrected chi connectivity index (χ3v) is 6.87. The van der Waals surface area contributed by atoms with Crippen molar-refractivity contribution in [3.05, 3.63) is 0 Å². The summed E-state index contributed by atoms with van der Waals surface area (Å²) >= 11 is 0. The molecule has 0 aliphatic heterocycles. The summed E-state index contributed by atoms with van der Waals surface area (Å²) in [5.74, 6) is 2.69. The van der Waals surface area contributed by atoms with E-state index in [1.54, 1.807) is 0 Å². The molecule has 0 radical (unpaired) electrons. The second kappa shape index (κ2) is 4.96. The Balaban J connectivity index is 1.49. The Hall–Kier alpha value is -0.660. The van der Waals surface area contributed by atoms with E-state index in [9.17, 15) is 9.59 Å². The fraction of sp³-hybridized carbons (Fsp3) is 0.889. The summed E-state index contributed by atoms with van der Waals surface area (Å²) in [5, 5.41) is 0. The molecule has 4 saturated carbocycles. The summed E-state index contributed by atoms with van der Waals surface area (Å²) in [7, 11) is 0. The number of ketones is 2. The Bertz CT molecular complexity index is 377. The van der Waals surface area contributed by atoms with Gasteiger partial charge in [-0.3, -0.25) is 9.59 Å². The van der Waals surface area contributed by atoms with Crippen LogP contribution in [0, 0.1) is 35.5 Å². The molecule has 0 unspecified atom stereocenters. The first-order valence-electron chi connectivity index (χ1n) is 8.83. The van der Waals surface area contributed by atoms with Crippen molar-refractivity contribution < 1.29 is 9.59 Å². The Morgan fingerprint density at radius 3 is 1.35 bits per heavy atom. The number of carbonyl (C=O) groups is 2. The summed E-state index contributed by atoms with van der Waals surface area (Å²) < 4.78 is 0. The van der Waals surface area contributed by atoms with Gasteiger partial charge in [0.05, 0.1) is 5.92 Å². The number of Topliss-reactive ketones (excluding diaryl/α,β-unsaturated/α-hetero) is 2. The minimum atomic E-state index is -0.175. The highest BCUT2D eigenvalue weighted by molar-refractivity contribution is 6.07. The largest absolute Gasteiger partial charge is 0.299 e. The lowest BCUT2D eigenvalue weighted by atomic mass is 9.82. The predicted molar refractivity (Wildman–Crippen MR) is 77.1 cm³/mol. The highest BCUT2D eigenvalue weighted by Gasteiger charge is 2.56. The van der Waals surface area contributed by atoms with Crippen molar-refractivity contribution in [2.75, 3.05) is 0 Å². The molecule has 2 nitrogen and oxygen atoms in total. The average molecular weight is 274 g/mol. The summed E-state index contributed by atoms with van der Waals surface area (Å²) in [6.45, 7) is 0. The van der Waals surface area contributed by atoms with Gasteiger partial charge in [0, 0.05) is 11.8 Å². The molecular formula is C18H26O2. The van der Waals surface area contributed by atoms with Crippen LogP contribution < -0.4 is 0 Å². The molecule has 0 aromatic rings. The molecule has 0 saturated heterocycles. The molecule has 20 heavy (non-hydrogen) atoms. The van der Waals surface area contributed by atoms with Crippen molar-refractivity contribution in [1.82, 2.24) is 0 Å². The van der Waals surface area contributed by atoms with Crippen molar-refractivity contribution in [1.29, 1.82) is 0 Å². The van der Waals surface area contributed by atoms with Gasteiger partial charge in [-0.15, -0.1) is 0 Å².